The molecule has 4 aliphatic rings. The van der Waals surface area contributed by atoms with Gasteiger partial charge in [0.2, 0.25) is 0 Å². The molecule has 3 saturated heterocycles. The summed E-state index contributed by atoms with van der Waals surface area (Å²) in [6.07, 6.45) is -8.43. The number of cyclic esters (lactones) is 1. The van der Waals surface area contributed by atoms with Gasteiger partial charge in [-0.15, -0.1) is 0 Å². The number of benzene rings is 2. The number of carbonyl (C=O) groups excluding carboxylic acids is 2. The third-order valence-electron chi connectivity index (χ3n) is 17.7. The van der Waals surface area contributed by atoms with E-state index in [-0.39, 0.29) is 43.1 Å². The minimum atomic E-state index is -1.86. The number of ether oxygens (including phenoxy) is 7. The molecule has 18 atom stereocenters. The number of halogens is 1. The van der Waals surface area contributed by atoms with Crippen molar-refractivity contribution in [1.82, 2.24) is 14.4 Å². The molecule has 5 heterocycles. The monoisotopic (exact) mass is 1110 g/mol. The van der Waals surface area contributed by atoms with Crippen molar-refractivity contribution in [3.63, 3.8) is 0 Å². The van der Waals surface area contributed by atoms with Crippen molar-refractivity contribution in [2.45, 2.75) is 218 Å². The molecule has 0 saturated carbocycles. The molecular formula is C61H92ClN3O13. The largest absolute Gasteiger partial charge is 0.459 e. The Balaban J connectivity index is 1.31. The van der Waals surface area contributed by atoms with E-state index in [0.29, 0.717) is 24.5 Å². The number of methoxy groups -OCH3 is 1. The van der Waals surface area contributed by atoms with Crippen LogP contribution >= 0.6 is 11.6 Å². The fraction of sp³-hybridized carbons (Fsp3) is 0.705. The number of rotatable bonds is 12. The van der Waals surface area contributed by atoms with Crippen LogP contribution in [0, 0.1) is 23.2 Å². The third kappa shape index (κ3) is 13.2. The van der Waals surface area contributed by atoms with Crippen LogP contribution < -0.4 is 0 Å². The molecule has 0 aliphatic carbocycles. The molecule has 0 amide bonds. The van der Waals surface area contributed by atoms with Crippen LogP contribution in [-0.2, 0) is 62.1 Å². The van der Waals surface area contributed by atoms with E-state index in [1.165, 1.54) is 14.0 Å². The molecule has 436 valence electrons. The normalized spacial score (nSPS) is 38.3. The Morgan fingerprint density at radius 3 is 2.12 bits per heavy atom. The fourth-order valence-corrected chi connectivity index (χ4v) is 13.4. The van der Waals surface area contributed by atoms with Crippen LogP contribution in [0.1, 0.15) is 120 Å². The summed E-state index contributed by atoms with van der Waals surface area (Å²) in [5.41, 5.74) is 1.25. The van der Waals surface area contributed by atoms with E-state index in [1.54, 1.807) is 34.6 Å². The summed E-state index contributed by atoms with van der Waals surface area (Å²) < 4.78 is 48.5. The standard InChI is InChI=1S/C61H92ClN3O13/c1-17-46-61(12,71)53(67)38(6)64(15)32-34(2)29-59(10,70)55(36(4)51(37(5)56(69)75-46)77-48-31-60(11,72-16)54(68)39(7)74-48)78-57-52(44(63(13)14)27-35(3)73-57)76-47(66)28-43-49(41-23-25-42(62)26-24-41)50(40-21-19-18-20-22-40)45-30-58(8,9)33-65(43)45/h18-26,34-39,44,46,48,51-55,57,67-68,70-71H,17,27-33H2,1-16H3/t34-,35-,36+,37-,38-,39+,44+,46-,48+,51+,52-,53-,54+,55-,57+,59-,60-,61-/m1/s1. The SMILES string of the molecule is CC[C@H]1OC(=O)[C@H](C)[C@@H](O[C@H]2C[C@@](C)(OC)[C@@H](O)[C@H](C)O2)[C@H](C)[C@@H](O[C@@H]2O[C@H](C)C[C@H](N(C)C)[C@H]2OC(=O)Cc2c(-c3ccc(Cl)cc3)c(-c3ccccc3)c3n2CC(C)(C)C3)[C@](C)(O)C[C@@H](C)CN(C)[C@H](C)[C@@H](O)[C@]1(C)O. The number of carbonyl (C=O) groups is 2. The number of esters is 2. The van der Waals surface area contributed by atoms with Gasteiger partial charge < -0.3 is 68.0 Å². The zero-order valence-electron chi connectivity index (χ0n) is 49.2. The van der Waals surface area contributed by atoms with E-state index in [1.807, 2.05) is 101 Å². The third-order valence-corrected chi connectivity index (χ3v) is 17.9. The van der Waals surface area contributed by atoms with Crippen molar-refractivity contribution >= 4 is 23.5 Å². The van der Waals surface area contributed by atoms with E-state index < -0.39 is 108 Å². The van der Waals surface area contributed by atoms with Crippen molar-refractivity contribution in [3.8, 4) is 22.3 Å². The Morgan fingerprint density at radius 1 is 0.859 bits per heavy atom. The van der Waals surface area contributed by atoms with Crippen molar-refractivity contribution in [1.29, 1.82) is 0 Å². The maximum atomic E-state index is 15.2. The lowest BCUT2D eigenvalue weighted by atomic mass is 9.77. The number of likely N-dealkylation sites (N-methyl/N-ethyl adjacent to an activating group) is 2. The number of fused-ring (bicyclic) bond motifs is 1. The van der Waals surface area contributed by atoms with Gasteiger partial charge in [0.15, 0.2) is 18.7 Å². The van der Waals surface area contributed by atoms with Gasteiger partial charge in [-0.3, -0.25) is 9.59 Å². The number of nitrogens with zero attached hydrogens (tertiary/aromatic N) is 3. The summed E-state index contributed by atoms with van der Waals surface area (Å²) in [5.74, 6) is -3.39. The molecule has 4 N–H and O–H groups in total. The van der Waals surface area contributed by atoms with Gasteiger partial charge >= 0.3 is 11.9 Å². The highest BCUT2D eigenvalue weighted by molar-refractivity contribution is 6.30. The second kappa shape index (κ2) is 24.5. The fourth-order valence-electron chi connectivity index (χ4n) is 13.2. The first-order chi connectivity index (χ1) is 36.4. The van der Waals surface area contributed by atoms with Crippen molar-refractivity contribution < 1.29 is 63.2 Å². The Labute approximate surface area is 468 Å². The zero-order chi connectivity index (χ0) is 57.6. The summed E-state index contributed by atoms with van der Waals surface area (Å²) >= 11 is 6.47. The summed E-state index contributed by atoms with van der Waals surface area (Å²) in [6.45, 7) is 23.3. The summed E-state index contributed by atoms with van der Waals surface area (Å²) in [4.78, 5) is 33.9. The predicted molar refractivity (Wildman–Crippen MR) is 300 cm³/mol. The molecule has 1 aromatic heterocycles. The molecule has 0 spiro atoms. The van der Waals surface area contributed by atoms with Gasteiger partial charge in [0, 0.05) is 66.1 Å². The number of aromatic nitrogens is 1. The zero-order valence-corrected chi connectivity index (χ0v) is 50.0. The lowest BCUT2D eigenvalue weighted by Crippen LogP contribution is -2.61. The van der Waals surface area contributed by atoms with Gasteiger partial charge in [-0.1, -0.05) is 88.7 Å². The quantitative estimate of drug-likeness (QED) is 0.127. The predicted octanol–water partition coefficient (Wildman–Crippen LogP) is 8.07. The molecule has 4 aliphatic heterocycles. The van der Waals surface area contributed by atoms with Crippen molar-refractivity contribution in [2.75, 3.05) is 34.8 Å². The van der Waals surface area contributed by atoms with Gasteiger partial charge in [0.1, 0.15) is 23.9 Å². The molecular weight excluding hydrogens is 1020 g/mol. The lowest BCUT2D eigenvalue weighted by Gasteiger charge is -2.49. The molecule has 2 aromatic carbocycles. The first-order valence-corrected chi connectivity index (χ1v) is 28.6. The van der Waals surface area contributed by atoms with E-state index in [0.717, 1.165) is 40.1 Å². The van der Waals surface area contributed by atoms with E-state index in [4.69, 9.17) is 44.8 Å². The van der Waals surface area contributed by atoms with Crippen LogP contribution in [0.5, 0.6) is 0 Å². The summed E-state index contributed by atoms with van der Waals surface area (Å²) in [6, 6.07) is 17.0. The van der Waals surface area contributed by atoms with E-state index in [9.17, 15) is 25.2 Å². The van der Waals surface area contributed by atoms with Gasteiger partial charge in [0.25, 0.3) is 0 Å². The Bertz CT molecular complexity index is 2500. The first-order valence-electron chi connectivity index (χ1n) is 28.2. The molecule has 3 fully saturated rings. The Hall–Kier alpha value is -3.49. The average molecular weight is 1110 g/mol. The van der Waals surface area contributed by atoms with Gasteiger partial charge in [-0.25, -0.2) is 0 Å². The van der Waals surface area contributed by atoms with E-state index >= 15 is 4.79 Å². The number of hydrogen-bond donors (Lipinski definition) is 4. The highest BCUT2D eigenvalue weighted by atomic mass is 35.5. The molecule has 16 nitrogen and oxygen atoms in total. The van der Waals surface area contributed by atoms with Gasteiger partial charge in [-0.2, -0.15) is 0 Å². The molecule has 17 heteroatoms. The van der Waals surface area contributed by atoms with Gasteiger partial charge in [0.05, 0.1) is 54.0 Å². The molecule has 7 rings (SSSR count). The minimum absolute atomic E-state index is 0.0709. The topological polar surface area (TPSA) is 191 Å². The Morgan fingerprint density at radius 2 is 1.50 bits per heavy atom. The number of aliphatic hydroxyl groups excluding tert-OH is 2. The second-order valence-electron chi connectivity index (χ2n) is 25.2. The van der Waals surface area contributed by atoms with Crippen molar-refractivity contribution in [2.24, 2.45) is 23.2 Å². The molecule has 78 heavy (non-hydrogen) atoms. The lowest BCUT2D eigenvalue weighted by molar-refractivity contribution is -0.319. The summed E-state index contributed by atoms with van der Waals surface area (Å²) in [7, 11) is 7.22. The summed E-state index contributed by atoms with van der Waals surface area (Å²) in [5, 5.41) is 48.9. The average Bonchev–Trinajstić information content (AvgIpc) is 3.84. The van der Waals surface area contributed by atoms with Crippen LogP contribution in [0.15, 0.2) is 54.6 Å². The number of aliphatic hydroxyl groups is 4. The maximum absolute atomic E-state index is 15.2. The number of hydrogen-bond acceptors (Lipinski definition) is 15. The molecule has 0 bridgehead atoms. The Kier molecular flexibility index (Phi) is 19.5. The van der Waals surface area contributed by atoms with Crippen LogP contribution in [0.4, 0.5) is 0 Å². The highest BCUT2D eigenvalue weighted by Crippen LogP contribution is 2.48. The maximum Gasteiger partial charge on any atom is 0.312 e. The highest BCUT2D eigenvalue weighted by Gasteiger charge is 2.54. The minimum Gasteiger partial charge on any atom is -0.459 e. The second-order valence-corrected chi connectivity index (χ2v) is 25.7. The van der Waals surface area contributed by atoms with Crippen LogP contribution in [0.3, 0.4) is 0 Å². The van der Waals surface area contributed by atoms with Crippen molar-refractivity contribution in [3.05, 3.63) is 71.0 Å². The first kappa shape index (κ1) is 62.1. The van der Waals surface area contributed by atoms with E-state index in [2.05, 4.69) is 30.5 Å². The van der Waals surface area contributed by atoms with Crippen LogP contribution in [-0.4, -0.2) is 172 Å². The smallest absolute Gasteiger partial charge is 0.312 e. The molecule has 0 unspecified atom stereocenters. The van der Waals surface area contributed by atoms with Gasteiger partial charge in [-0.05, 0) is 130 Å². The van der Waals surface area contributed by atoms with Crippen LogP contribution in [0.2, 0.25) is 5.02 Å². The van der Waals surface area contributed by atoms with Crippen LogP contribution in [0.25, 0.3) is 22.3 Å². The molecule has 3 aromatic rings. The molecule has 0 radical (unpaired) electrons.